The molecule has 0 aliphatic rings. The van der Waals surface area contributed by atoms with Crippen LogP contribution in [0.5, 0.6) is 17.2 Å². The monoisotopic (exact) mass is 474 g/mol. The molecular formula is C21H16BrClN2O4. The number of benzene rings is 3. The van der Waals surface area contributed by atoms with Crippen LogP contribution in [0.4, 0.5) is 0 Å². The molecule has 3 N–H and O–H groups in total. The van der Waals surface area contributed by atoms with Crippen LogP contribution in [-0.2, 0) is 6.61 Å². The summed E-state index contributed by atoms with van der Waals surface area (Å²) in [7, 11) is 0. The van der Waals surface area contributed by atoms with Gasteiger partial charge in [-0.2, -0.15) is 5.10 Å². The molecule has 1 amide bonds. The van der Waals surface area contributed by atoms with Gasteiger partial charge in [0.1, 0.15) is 23.9 Å². The number of rotatable bonds is 6. The second-order valence-corrected chi connectivity index (χ2v) is 7.39. The summed E-state index contributed by atoms with van der Waals surface area (Å²) in [4.78, 5) is 12.1. The highest BCUT2D eigenvalue weighted by Gasteiger charge is 2.08. The van der Waals surface area contributed by atoms with E-state index in [0.717, 1.165) is 16.1 Å². The molecule has 8 heteroatoms. The molecule has 0 saturated carbocycles. The quantitative estimate of drug-likeness (QED) is 0.351. The van der Waals surface area contributed by atoms with E-state index in [0.29, 0.717) is 22.9 Å². The summed E-state index contributed by atoms with van der Waals surface area (Å²) in [5.41, 5.74) is 3.96. The Hall–Kier alpha value is -3.03. The van der Waals surface area contributed by atoms with E-state index in [1.165, 1.54) is 18.3 Å². The number of hydrogen-bond donors (Lipinski definition) is 3. The van der Waals surface area contributed by atoms with Crippen LogP contribution >= 0.6 is 27.5 Å². The summed E-state index contributed by atoms with van der Waals surface area (Å²) < 4.78 is 6.81. The van der Waals surface area contributed by atoms with E-state index in [-0.39, 0.29) is 17.1 Å². The number of carbonyl (C=O) groups is 1. The van der Waals surface area contributed by atoms with Gasteiger partial charge in [-0.15, -0.1) is 0 Å². The van der Waals surface area contributed by atoms with Gasteiger partial charge in [0.25, 0.3) is 5.91 Å². The second kappa shape index (κ2) is 9.45. The Labute approximate surface area is 180 Å². The highest BCUT2D eigenvalue weighted by Crippen LogP contribution is 2.23. The zero-order chi connectivity index (χ0) is 20.8. The van der Waals surface area contributed by atoms with Crippen molar-refractivity contribution in [2.75, 3.05) is 0 Å². The van der Waals surface area contributed by atoms with E-state index < -0.39 is 5.91 Å². The molecule has 0 atom stereocenters. The van der Waals surface area contributed by atoms with E-state index in [2.05, 4.69) is 26.5 Å². The molecule has 0 aliphatic carbocycles. The van der Waals surface area contributed by atoms with Gasteiger partial charge in [-0.05, 0) is 48.0 Å². The standard InChI is InChI=1S/C21H16BrClN2O4/c22-16-3-1-2-13(6-16)12-29-20-5-4-17(23)7-15(20)11-24-25-21(28)14-8-18(26)10-19(27)9-14/h1-11,26-27H,12H2,(H,25,28). The number of ether oxygens (including phenoxy) is 1. The number of aromatic hydroxyl groups is 2. The van der Waals surface area contributed by atoms with Crippen molar-refractivity contribution in [3.63, 3.8) is 0 Å². The Morgan fingerprint density at radius 2 is 1.86 bits per heavy atom. The molecule has 3 aromatic rings. The van der Waals surface area contributed by atoms with Gasteiger partial charge in [0, 0.05) is 26.7 Å². The smallest absolute Gasteiger partial charge is 0.271 e. The topological polar surface area (TPSA) is 91.2 Å². The Kier molecular flexibility index (Phi) is 6.74. The number of phenols is 2. The van der Waals surface area contributed by atoms with Gasteiger partial charge < -0.3 is 14.9 Å². The molecule has 3 rings (SSSR count). The van der Waals surface area contributed by atoms with Crippen LogP contribution in [0.1, 0.15) is 21.5 Å². The zero-order valence-electron chi connectivity index (χ0n) is 15.0. The molecule has 0 saturated heterocycles. The fourth-order valence-electron chi connectivity index (χ4n) is 2.49. The lowest BCUT2D eigenvalue weighted by molar-refractivity contribution is 0.0954. The number of nitrogens with zero attached hydrogens (tertiary/aromatic N) is 1. The SMILES string of the molecule is O=C(NN=Cc1cc(Cl)ccc1OCc1cccc(Br)c1)c1cc(O)cc(O)c1. The number of carbonyl (C=O) groups excluding carboxylic acids is 1. The van der Waals surface area contributed by atoms with Gasteiger partial charge in [0.15, 0.2) is 0 Å². The van der Waals surface area contributed by atoms with E-state index in [1.807, 2.05) is 24.3 Å². The number of amides is 1. The van der Waals surface area contributed by atoms with Crippen molar-refractivity contribution in [1.82, 2.24) is 5.43 Å². The maximum absolute atomic E-state index is 12.1. The van der Waals surface area contributed by atoms with Gasteiger partial charge >= 0.3 is 0 Å². The summed E-state index contributed by atoms with van der Waals surface area (Å²) in [6.07, 6.45) is 1.41. The predicted molar refractivity (Wildman–Crippen MR) is 115 cm³/mol. The lowest BCUT2D eigenvalue weighted by atomic mass is 10.2. The molecule has 0 fully saturated rings. The van der Waals surface area contributed by atoms with Crippen molar-refractivity contribution in [2.45, 2.75) is 6.61 Å². The second-order valence-electron chi connectivity index (χ2n) is 6.04. The molecule has 0 aliphatic heterocycles. The van der Waals surface area contributed by atoms with Gasteiger partial charge in [0.05, 0.1) is 6.21 Å². The largest absolute Gasteiger partial charge is 0.508 e. The third kappa shape index (κ3) is 5.97. The summed E-state index contributed by atoms with van der Waals surface area (Å²) in [6.45, 7) is 0.344. The third-order valence-corrected chi connectivity index (χ3v) is 4.52. The van der Waals surface area contributed by atoms with Gasteiger partial charge in [0.2, 0.25) is 0 Å². The highest BCUT2D eigenvalue weighted by molar-refractivity contribution is 9.10. The minimum atomic E-state index is -0.592. The molecule has 0 heterocycles. The van der Waals surface area contributed by atoms with Crippen LogP contribution in [0.25, 0.3) is 0 Å². The molecule has 0 aromatic heterocycles. The molecule has 29 heavy (non-hydrogen) atoms. The first-order valence-electron chi connectivity index (χ1n) is 8.44. The maximum atomic E-state index is 12.1. The predicted octanol–water partition coefficient (Wildman–Crippen LogP) is 4.86. The van der Waals surface area contributed by atoms with Crippen molar-refractivity contribution in [3.05, 3.63) is 86.8 Å². The van der Waals surface area contributed by atoms with E-state index in [1.54, 1.807) is 18.2 Å². The van der Waals surface area contributed by atoms with E-state index in [9.17, 15) is 15.0 Å². The molecule has 0 bridgehead atoms. The van der Waals surface area contributed by atoms with Crippen LogP contribution in [-0.4, -0.2) is 22.3 Å². The maximum Gasteiger partial charge on any atom is 0.271 e. The van der Waals surface area contributed by atoms with Crippen LogP contribution in [0.15, 0.2) is 70.2 Å². The minimum Gasteiger partial charge on any atom is -0.508 e. The molecule has 0 unspecified atom stereocenters. The average molecular weight is 476 g/mol. The Bertz CT molecular complexity index is 1050. The van der Waals surface area contributed by atoms with Crippen molar-refractivity contribution in [2.24, 2.45) is 5.10 Å². The lowest BCUT2D eigenvalue weighted by Gasteiger charge is -2.10. The summed E-state index contributed by atoms with van der Waals surface area (Å²) in [5, 5.41) is 23.3. The number of hydrogen-bond acceptors (Lipinski definition) is 5. The van der Waals surface area contributed by atoms with Crippen LogP contribution in [0.3, 0.4) is 0 Å². The summed E-state index contributed by atoms with van der Waals surface area (Å²) >= 11 is 9.48. The number of phenolic OH excluding ortho intramolecular Hbond substituents is 2. The van der Waals surface area contributed by atoms with Gasteiger partial charge in [-0.1, -0.05) is 39.7 Å². The normalized spacial score (nSPS) is 10.8. The van der Waals surface area contributed by atoms with Gasteiger partial charge in [-0.3, -0.25) is 4.79 Å². The van der Waals surface area contributed by atoms with Crippen molar-refractivity contribution >= 4 is 39.7 Å². The first-order valence-corrected chi connectivity index (χ1v) is 9.61. The Morgan fingerprint density at radius 1 is 1.10 bits per heavy atom. The number of nitrogens with one attached hydrogen (secondary N) is 1. The van der Waals surface area contributed by atoms with E-state index in [4.69, 9.17) is 16.3 Å². The molecule has 3 aromatic carbocycles. The minimum absolute atomic E-state index is 0.0665. The van der Waals surface area contributed by atoms with Gasteiger partial charge in [-0.25, -0.2) is 5.43 Å². The zero-order valence-corrected chi connectivity index (χ0v) is 17.3. The molecule has 0 spiro atoms. The van der Waals surface area contributed by atoms with Crippen molar-refractivity contribution in [3.8, 4) is 17.2 Å². The average Bonchev–Trinajstić information content (AvgIpc) is 2.66. The molecule has 148 valence electrons. The Morgan fingerprint density at radius 3 is 2.59 bits per heavy atom. The fraction of sp³-hybridized carbons (Fsp3) is 0.0476. The van der Waals surface area contributed by atoms with Crippen molar-refractivity contribution < 1.29 is 19.7 Å². The third-order valence-electron chi connectivity index (χ3n) is 3.79. The lowest BCUT2D eigenvalue weighted by Crippen LogP contribution is -2.17. The first-order chi connectivity index (χ1) is 13.9. The van der Waals surface area contributed by atoms with E-state index >= 15 is 0 Å². The highest BCUT2D eigenvalue weighted by atomic mass is 79.9. The van der Waals surface area contributed by atoms with Crippen LogP contribution in [0, 0.1) is 0 Å². The summed E-state index contributed by atoms with van der Waals surface area (Å²) in [6, 6.07) is 16.4. The summed E-state index contributed by atoms with van der Waals surface area (Å²) in [5.74, 6) is -0.497. The van der Waals surface area contributed by atoms with Crippen LogP contribution in [0.2, 0.25) is 5.02 Å². The van der Waals surface area contributed by atoms with Crippen molar-refractivity contribution in [1.29, 1.82) is 0 Å². The molecule has 6 nitrogen and oxygen atoms in total. The molecule has 0 radical (unpaired) electrons. The Balaban J connectivity index is 1.71. The number of hydrazone groups is 1. The van der Waals surface area contributed by atoms with Crippen LogP contribution < -0.4 is 10.2 Å². The number of halogens is 2. The first kappa shape index (κ1) is 20.7. The molecular weight excluding hydrogens is 460 g/mol. The fourth-order valence-corrected chi connectivity index (χ4v) is 3.12.